The Hall–Kier alpha value is -3.24. The highest BCUT2D eigenvalue weighted by Gasteiger charge is 2.65. The van der Waals surface area contributed by atoms with Gasteiger partial charge in [-0.1, -0.05) is 37.3 Å². The molecule has 49 heavy (non-hydrogen) atoms. The number of piperidine rings is 2. The van der Waals surface area contributed by atoms with Crippen molar-refractivity contribution in [1.29, 1.82) is 0 Å². The van der Waals surface area contributed by atoms with Crippen LogP contribution in [-0.4, -0.2) is 93.2 Å². The number of hydrogen-bond acceptors (Lipinski definition) is 8. The average Bonchev–Trinajstić information content (AvgIpc) is 3.78. The Balaban J connectivity index is 0.000000157. The van der Waals surface area contributed by atoms with E-state index in [1.165, 1.54) is 16.0 Å². The lowest BCUT2D eigenvalue weighted by Gasteiger charge is -2.57. The summed E-state index contributed by atoms with van der Waals surface area (Å²) in [6.45, 7) is 6.63. The molecule has 1 saturated carbocycles. The number of ketones is 1. The normalized spacial score (nSPS) is 26.6. The molecule has 4 heterocycles. The number of para-hydroxylation sites is 1. The summed E-state index contributed by atoms with van der Waals surface area (Å²) >= 11 is 1.83. The molecule has 0 unspecified atom stereocenters. The van der Waals surface area contributed by atoms with Crippen LogP contribution in [0.15, 0.2) is 60.0 Å². The van der Waals surface area contributed by atoms with Gasteiger partial charge in [0.05, 0.1) is 19.3 Å². The topological polar surface area (TPSA) is 71.5 Å². The largest absolute Gasteiger partial charge is 0.493 e. The number of ether oxygens (including phenoxy) is 3. The van der Waals surface area contributed by atoms with E-state index in [9.17, 15) is 9.59 Å². The number of nitrogens with zero attached hydrogens (tertiary/aromatic N) is 3. The maximum absolute atomic E-state index is 12.9. The number of benzene rings is 2. The van der Waals surface area contributed by atoms with Crippen LogP contribution in [0.3, 0.4) is 0 Å². The van der Waals surface area contributed by atoms with Crippen LogP contribution in [0, 0.1) is 5.92 Å². The molecule has 1 spiro atoms. The number of thiophene rings is 1. The Bertz CT molecular complexity index is 1620. The number of amides is 1. The fourth-order valence-electron chi connectivity index (χ4n) is 9.71. The molecular formula is C40H51N3O5S. The first-order chi connectivity index (χ1) is 23.8. The first-order valence-electron chi connectivity index (χ1n) is 18.1. The summed E-state index contributed by atoms with van der Waals surface area (Å²) in [5.41, 5.74) is 3.29. The molecular weight excluding hydrogens is 635 g/mol. The van der Waals surface area contributed by atoms with Crippen molar-refractivity contribution in [2.75, 3.05) is 59.0 Å². The number of rotatable bonds is 9. The third-order valence-corrected chi connectivity index (χ3v) is 13.0. The molecule has 1 aromatic heterocycles. The Labute approximate surface area is 295 Å². The number of methoxy groups -OCH3 is 2. The standard InChI is InChI=1S/C22H30N2O2S.C18H21NO3/c1-3-21(25)24(19-8-5-4-6-9-19)22(18-26-2)12-15-23(16-13-22)14-11-20-10-7-17-27-20;1-19-8-7-18-11-4-5-13(20)17(18)22-16-14(21-2)6-3-10(15(16)18)9-12(11)19/h4-10,17H,3,11-16,18H2,1-2H3;3,6,11-12,17H,4-5,7-9H2,1-2H3/t;11-,12+,17-,18-/m.0/s1. The number of carbonyl (C=O) groups excluding carboxylic acids is 2. The number of likely N-dealkylation sites (tertiary alicyclic amines) is 2. The molecule has 2 saturated heterocycles. The van der Waals surface area contributed by atoms with Gasteiger partial charge in [-0.05, 0) is 93.2 Å². The van der Waals surface area contributed by atoms with Crippen molar-refractivity contribution in [2.45, 2.75) is 81.4 Å². The second-order valence-corrected chi connectivity index (χ2v) is 15.6. The molecule has 2 aromatic carbocycles. The molecule has 3 fully saturated rings. The van der Waals surface area contributed by atoms with Gasteiger partial charge >= 0.3 is 0 Å². The molecule has 3 aromatic rings. The lowest BCUT2D eigenvalue weighted by Crippen LogP contribution is -2.65. The van der Waals surface area contributed by atoms with Crippen LogP contribution in [0.2, 0.25) is 0 Å². The summed E-state index contributed by atoms with van der Waals surface area (Å²) in [7, 11) is 5.65. The number of Topliss-reactive ketones (excluding diaryl/α,β-unsaturated/α-hetero) is 1. The zero-order valence-electron chi connectivity index (χ0n) is 29.5. The molecule has 9 heteroatoms. The van der Waals surface area contributed by atoms with E-state index < -0.39 is 0 Å². The molecule has 4 atom stereocenters. The molecule has 3 aliphatic heterocycles. The van der Waals surface area contributed by atoms with Crippen LogP contribution < -0.4 is 14.4 Å². The van der Waals surface area contributed by atoms with E-state index >= 15 is 0 Å². The highest BCUT2D eigenvalue weighted by atomic mass is 32.1. The SMILES string of the molecule is CCC(=O)N(c1ccccc1)C1(COC)CCN(CCc2cccs2)CC1.COc1ccc2c3c1O[C@H]1C(=O)CC[C@H]4[C@@H](C2)N(C)CC[C@]314. The van der Waals surface area contributed by atoms with Gasteiger partial charge in [-0.15, -0.1) is 11.3 Å². The van der Waals surface area contributed by atoms with Crippen molar-refractivity contribution in [1.82, 2.24) is 9.80 Å². The van der Waals surface area contributed by atoms with Gasteiger partial charge in [0.25, 0.3) is 0 Å². The summed E-state index contributed by atoms with van der Waals surface area (Å²) in [5.74, 6) is 2.63. The van der Waals surface area contributed by atoms with Crippen molar-refractivity contribution in [3.05, 3.63) is 76.0 Å². The summed E-state index contributed by atoms with van der Waals surface area (Å²) < 4.78 is 17.4. The minimum absolute atomic E-state index is 0.0933. The molecule has 0 N–H and O–H groups in total. The zero-order chi connectivity index (χ0) is 34.2. The predicted molar refractivity (Wildman–Crippen MR) is 194 cm³/mol. The van der Waals surface area contributed by atoms with E-state index in [4.69, 9.17) is 14.2 Å². The first kappa shape index (κ1) is 34.2. The van der Waals surface area contributed by atoms with Gasteiger partial charge in [-0.25, -0.2) is 0 Å². The van der Waals surface area contributed by atoms with Crippen LogP contribution in [0.4, 0.5) is 5.69 Å². The fourth-order valence-corrected chi connectivity index (χ4v) is 10.4. The summed E-state index contributed by atoms with van der Waals surface area (Å²) in [6, 6.07) is 19.1. The number of anilines is 1. The first-order valence-corrected chi connectivity index (χ1v) is 18.9. The fraction of sp³-hybridized carbons (Fsp3) is 0.550. The van der Waals surface area contributed by atoms with Crippen LogP contribution >= 0.6 is 11.3 Å². The lowest BCUT2D eigenvalue weighted by atomic mass is 9.52. The van der Waals surface area contributed by atoms with Gasteiger partial charge in [0.2, 0.25) is 5.91 Å². The van der Waals surface area contributed by atoms with Gasteiger partial charge in [0.15, 0.2) is 23.4 Å². The van der Waals surface area contributed by atoms with Crippen LogP contribution in [0.5, 0.6) is 11.5 Å². The van der Waals surface area contributed by atoms with E-state index in [1.807, 2.05) is 59.6 Å². The summed E-state index contributed by atoms with van der Waals surface area (Å²) in [5, 5.41) is 2.14. The quantitative estimate of drug-likeness (QED) is 0.268. The monoisotopic (exact) mass is 685 g/mol. The highest BCUT2D eigenvalue weighted by Crippen LogP contribution is 2.63. The molecule has 262 valence electrons. The van der Waals surface area contributed by atoms with Crippen molar-refractivity contribution in [2.24, 2.45) is 5.92 Å². The number of likely N-dealkylation sites (N-methyl/N-ethyl adjacent to an activating group) is 1. The molecule has 5 aliphatic rings. The Kier molecular flexibility index (Phi) is 9.90. The van der Waals surface area contributed by atoms with E-state index in [1.54, 1.807) is 14.2 Å². The van der Waals surface area contributed by atoms with Gasteiger partial charge in [0.1, 0.15) is 0 Å². The zero-order valence-corrected chi connectivity index (χ0v) is 30.3. The highest BCUT2D eigenvalue weighted by molar-refractivity contribution is 7.09. The van der Waals surface area contributed by atoms with Crippen LogP contribution in [-0.2, 0) is 32.6 Å². The second kappa shape index (κ2) is 14.2. The third-order valence-electron chi connectivity index (χ3n) is 12.1. The van der Waals surface area contributed by atoms with Gasteiger partial charge in [-0.3, -0.25) is 9.59 Å². The molecule has 0 radical (unpaired) electrons. The van der Waals surface area contributed by atoms with E-state index in [0.717, 1.165) is 81.9 Å². The molecule has 8 nitrogen and oxygen atoms in total. The summed E-state index contributed by atoms with van der Waals surface area (Å²) in [4.78, 5) is 34.0. The maximum Gasteiger partial charge on any atom is 0.227 e. The molecule has 2 bridgehead atoms. The third kappa shape index (κ3) is 6.00. The van der Waals surface area contributed by atoms with Gasteiger partial charge in [0, 0.05) is 67.2 Å². The molecule has 2 aliphatic carbocycles. The van der Waals surface area contributed by atoms with Crippen molar-refractivity contribution >= 4 is 28.7 Å². The minimum Gasteiger partial charge on any atom is -0.493 e. The molecule has 1 amide bonds. The van der Waals surface area contributed by atoms with E-state index in [-0.39, 0.29) is 28.7 Å². The Morgan fingerprint density at radius 1 is 1.04 bits per heavy atom. The Morgan fingerprint density at radius 2 is 1.84 bits per heavy atom. The van der Waals surface area contributed by atoms with E-state index in [2.05, 4.69) is 40.4 Å². The number of hydrogen-bond donors (Lipinski definition) is 0. The predicted octanol–water partition coefficient (Wildman–Crippen LogP) is 6.15. The van der Waals surface area contributed by atoms with Crippen LogP contribution in [0.1, 0.15) is 61.5 Å². The van der Waals surface area contributed by atoms with Crippen LogP contribution in [0.25, 0.3) is 0 Å². The van der Waals surface area contributed by atoms with Crippen molar-refractivity contribution in [3.8, 4) is 11.5 Å². The van der Waals surface area contributed by atoms with Crippen molar-refractivity contribution in [3.63, 3.8) is 0 Å². The van der Waals surface area contributed by atoms with Gasteiger partial charge in [-0.2, -0.15) is 0 Å². The van der Waals surface area contributed by atoms with E-state index in [0.29, 0.717) is 31.4 Å². The Morgan fingerprint density at radius 3 is 2.53 bits per heavy atom. The minimum atomic E-state index is -0.284. The van der Waals surface area contributed by atoms with Gasteiger partial charge < -0.3 is 28.9 Å². The number of carbonyl (C=O) groups is 2. The van der Waals surface area contributed by atoms with Crippen molar-refractivity contribution < 1.29 is 23.8 Å². The average molecular weight is 686 g/mol. The smallest absolute Gasteiger partial charge is 0.227 e. The molecule has 8 rings (SSSR count). The maximum atomic E-state index is 12.9. The summed E-state index contributed by atoms with van der Waals surface area (Å²) in [6.07, 6.45) is 6.95. The second-order valence-electron chi connectivity index (χ2n) is 14.5. The lowest BCUT2D eigenvalue weighted by molar-refractivity contribution is -0.138.